The van der Waals surface area contributed by atoms with Crippen molar-refractivity contribution in [2.75, 3.05) is 6.54 Å². The van der Waals surface area contributed by atoms with Gasteiger partial charge in [0, 0.05) is 11.6 Å². The summed E-state index contributed by atoms with van der Waals surface area (Å²) in [6.45, 7) is 2.05. The number of hydrogen-bond acceptors (Lipinski definition) is 3. The Morgan fingerprint density at radius 1 is 1.47 bits per heavy atom. The molecule has 86 valence electrons. The fourth-order valence-corrected chi connectivity index (χ4v) is 1.38. The van der Waals surface area contributed by atoms with Gasteiger partial charge in [-0.1, -0.05) is 0 Å². The number of rotatable bonds is 3. The van der Waals surface area contributed by atoms with E-state index in [0.717, 1.165) is 0 Å². The molecule has 0 saturated carbocycles. The van der Waals surface area contributed by atoms with Crippen LogP contribution in [0.1, 0.15) is 23.6 Å². The monoisotopic (exact) mass is 234 g/mol. The minimum absolute atomic E-state index is 0. The molecule has 0 saturated heterocycles. The second kappa shape index (κ2) is 5.90. The van der Waals surface area contributed by atoms with Crippen LogP contribution in [0.3, 0.4) is 0 Å². The number of phenols is 1. The molecule has 0 spiro atoms. The molecule has 3 nitrogen and oxygen atoms in total. The summed E-state index contributed by atoms with van der Waals surface area (Å²) in [4.78, 5) is 0. The number of aromatic hydroxyl groups is 1. The first kappa shape index (κ1) is 14.2. The van der Waals surface area contributed by atoms with Crippen LogP contribution in [-0.2, 0) is 0 Å². The number of halogens is 2. The van der Waals surface area contributed by atoms with Crippen molar-refractivity contribution in [1.82, 2.24) is 0 Å². The highest BCUT2D eigenvalue weighted by molar-refractivity contribution is 5.85. The topological polar surface area (TPSA) is 72.3 Å². The summed E-state index contributed by atoms with van der Waals surface area (Å²) in [5.74, 6) is -0.324. The van der Waals surface area contributed by atoms with E-state index < -0.39 is 6.04 Å². The van der Waals surface area contributed by atoms with Crippen LogP contribution < -0.4 is 11.5 Å². The van der Waals surface area contributed by atoms with E-state index in [2.05, 4.69) is 0 Å². The Bertz CT molecular complexity index is 333. The molecule has 0 fully saturated rings. The largest absolute Gasteiger partial charge is 0.507 e. The molecule has 0 unspecified atom stereocenters. The molecule has 0 aliphatic rings. The molecule has 0 aliphatic carbocycles. The van der Waals surface area contributed by atoms with Gasteiger partial charge in [0.25, 0.3) is 0 Å². The predicted octanol–water partition coefficient (Wildman–Crippen LogP) is 1.61. The predicted molar refractivity (Wildman–Crippen MR) is 60.6 cm³/mol. The van der Waals surface area contributed by atoms with Crippen molar-refractivity contribution in [1.29, 1.82) is 0 Å². The Labute approximate surface area is 94.7 Å². The van der Waals surface area contributed by atoms with E-state index in [0.29, 0.717) is 24.1 Å². The molecule has 0 bridgehead atoms. The first-order chi connectivity index (χ1) is 6.56. The van der Waals surface area contributed by atoms with Crippen LogP contribution >= 0.6 is 12.4 Å². The summed E-state index contributed by atoms with van der Waals surface area (Å²) < 4.78 is 13.0. The van der Waals surface area contributed by atoms with Gasteiger partial charge in [0.2, 0.25) is 0 Å². The van der Waals surface area contributed by atoms with Crippen molar-refractivity contribution in [3.63, 3.8) is 0 Å². The van der Waals surface area contributed by atoms with Gasteiger partial charge in [-0.3, -0.25) is 0 Å². The maximum Gasteiger partial charge on any atom is 0.124 e. The molecule has 5 heteroatoms. The Kier molecular flexibility index (Phi) is 5.57. The summed E-state index contributed by atoms with van der Waals surface area (Å²) in [7, 11) is 0. The molecule has 0 aliphatic heterocycles. The Morgan fingerprint density at radius 2 is 2.07 bits per heavy atom. The standard InChI is InChI=1S/C10H15FN2O.ClH/c1-6-4-7(11)5-8(10(6)14)9(13)2-3-12;/h4-5,9,14H,2-3,12-13H2,1H3;1H/t9-;/m1./s1. The quantitative estimate of drug-likeness (QED) is 0.744. The van der Waals surface area contributed by atoms with Gasteiger partial charge in [-0.05, 0) is 37.6 Å². The van der Waals surface area contributed by atoms with Crippen molar-refractivity contribution >= 4 is 12.4 Å². The first-order valence-electron chi connectivity index (χ1n) is 4.51. The van der Waals surface area contributed by atoms with Crippen molar-refractivity contribution in [2.45, 2.75) is 19.4 Å². The summed E-state index contributed by atoms with van der Waals surface area (Å²) in [6.07, 6.45) is 0.524. The van der Waals surface area contributed by atoms with Crippen molar-refractivity contribution in [2.24, 2.45) is 11.5 Å². The van der Waals surface area contributed by atoms with Gasteiger partial charge in [-0.15, -0.1) is 12.4 Å². The normalized spacial score (nSPS) is 12.0. The third kappa shape index (κ3) is 3.34. The zero-order chi connectivity index (χ0) is 10.7. The third-order valence-corrected chi connectivity index (χ3v) is 2.17. The van der Waals surface area contributed by atoms with Crippen LogP contribution in [0.5, 0.6) is 5.75 Å². The minimum Gasteiger partial charge on any atom is -0.507 e. The fraction of sp³-hybridized carbons (Fsp3) is 0.400. The Morgan fingerprint density at radius 3 is 2.60 bits per heavy atom. The zero-order valence-corrected chi connectivity index (χ0v) is 9.35. The molecule has 1 rings (SSSR count). The second-order valence-corrected chi connectivity index (χ2v) is 3.34. The highest BCUT2D eigenvalue weighted by Gasteiger charge is 2.13. The second-order valence-electron chi connectivity index (χ2n) is 3.34. The SMILES string of the molecule is Cc1cc(F)cc([C@H](N)CCN)c1O.Cl. The zero-order valence-electron chi connectivity index (χ0n) is 8.53. The molecule has 15 heavy (non-hydrogen) atoms. The van der Waals surface area contributed by atoms with Crippen molar-refractivity contribution in [3.05, 3.63) is 29.1 Å². The molecule has 5 N–H and O–H groups in total. The molecule has 0 heterocycles. The lowest BCUT2D eigenvalue weighted by Crippen LogP contribution is -2.15. The Hall–Kier alpha value is -0.840. The Balaban J connectivity index is 0.00000196. The average molecular weight is 235 g/mol. The van der Waals surface area contributed by atoms with Crippen LogP contribution in [-0.4, -0.2) is 11.7 Å². The van der Waals surface area contributed by atoms with E-state index in [9.17, 15) is 9.50 Å². The number of nitrogens with two attached hydrogens (primary N) is 2. The number of hydrogen-bond donors (Lipinski definition) is 3. The molecule has 0 amide bonds. The summed E-state index contributed by atoms with van der Waals surface area (Å²) >= 11 is 0. The minimum atomic E-state index is -0.408. The maximum atomic E-state index is 13.0. The molecule has 0 radical (unpaired) electrons. The van der Waals surface area contributed by atoms with Crippen LogP contribution in [0.4, 0.5) is 4.39 Å². The van der Waals surface area contributed by atoms with Crippen molar-refractivity contribution < 1.29 is 9.50 Å². The lowest BCUT2D eigenvalue weighted by atomic mass is 10.0. The van der Waals surface area contributed by atoms with E-state index in [-0.39, 0.29) is 24.0 Å². The molecule has 1 aromatic rings. The highest BCUT2D eigenvalue weighted by Crippen LogP contribution is 2.28. The lowest BCUT2D eigenvalue weighted by molar-refractivity contribution is 0.451. The van der Waals surface area contributed by atoms with E-state index in [1.165, 1.54) is 12.1 Å². The van der Waals surface area contributed by atoms with Gasteiger partial charge in [0.15, 0.2) is 0 Å². The van der Waals surface area contributed by atoms with E-state index in [1.807, 2.05) is 0 Å². The lowest BCUT2D eigenvalue weighted by Gasteiger charge is -2.14. The smallest absolute Gasteiger partial charge is 0.124 e. The average Bonchev–Trinajstić information content (AvgIpc) is 2.11. The van der Waals surface area contributed by atoms with Crippen LogP contribution in [0.25, 0.3) is 0 Å². The number of phenolic OH excluding ortho intramolecular Hbond substituents is 1. The molecule has 0 aromatic heterocycles. The van der Waals surface area contributed by atoms with E-state index in [4.69, 9.17) is 11.5 Å². The number of benzene rings is 1. The third-order valence-electron chi connectivity index (χ3n) is 2.17. The van der Waals surface area contributed by atoms with Crippen LogP contribution in [0.15, 0.2) is 12.1 Å². The first-order valence-corrected chi connectivity index (χ1v) is 4.51. The van der Waals surface area contributed by atoms with E-state index >= 15 is 0 Å². The van der Waals surface area contributed by atoms with Gasteiger partial charge in [0.1, 0.15) is 11.6 Å². The van der Waals surface area contributed by atoms with Gasteiger partial charge in [-0.2, -0.15) is 0 Å². The number of aryl methyl sites for hydroxylation is 1. The van der Waals surface area contributed by atoms with Crippen LogP contribution in [0.2, 0.25) is 0 Å². The summed E-state index contributed by atoms with van der Waals surface area (Å²) in [6, 6.07) is 2.12. The molecule has 1 atom stereocenters. The van der Waals surface area contributed by atoms with Gasteiger partial charge < -0.3 is 16.6 Å². The molecular formula is C10H16ClFN2O. The molecular weight excluding hydrogens is 219 g/mol. The van der Waals surface area contributed by atoms with Gasteiger partial charge in [0.05, 0.1) is 0 Å². The maximum absolute atomic E-state index is 13.0. The van der Waals surface area contributed by atoms with Gasteiger partial charge in [-0.25, -0.2) is 4.39 Å². The summed E-state index contributed by atoms with van der Waals surface area (Å²) in [5, 5.41) is 9.63. The summed E-state index contributed by atoms with van der Waals surface area (Å²) in [5.41, 5.74) is 12.0. The van der Waals surface area contributed by atoms with Crippen molar-refractivity contribution in [3.8, 4) is 5.75 Å². The van der Waals surface area contributed by atoms with Crippen LogP contribution in [0, 0.1) is 12.7 Å². The van der Waals surface area contributed by atoms with E-state index in [1.54, 1.807) is 6.92 Å². The highest BCUT2D eigenvalue weighted by atomic mass is 35.5. The van der Waals surface area contributed by atoms with Gasteiger partial charge >= 0.3 is 0 Å². The fourth-order valence-electron chi connectivity index (χ4n) is 1.38. The molecule has 1 aromatic carbocycles.